The zero-order valence-electron chi connectivity index (χ0n) is 52.3. The Hall–Kier alpha value is -2.19. The van der Waals surface area contributed by atoms with Gasteiger partial charge in [-0.2, -0.15) is 0 Å². The highest BCUT2D eigenvalue weighted by Gasteiger charge is 2.44. The van der Waals surface area contributed by atoms with Crippen LogP contribution in [0.5, 0.6) is 0 Å². The smallest absolute Gasteiger partial charge is 0.249 e. The summed E-state index contributed by atoms with van der Waals surface area (Å²) in [6.45, 7) is 3.46. The third kappa shape index (κ3) is 45.8. The van der Waals surface area contributed by atoms with Gasteiger partial charge < -0.3 is 50.5 Å². The van der Waals surface area contributed by atoms with Crippen molar-refractivity contribution in [2.75, 3.05) is 13.2 Å². The van der Waals surface area contributed by atoms with Crippen LogP contribution in [-0.2, 0) is 14.3 Å². The number of ether oxygens (including phenoxy) is 2. The second-order valence-electron chi connectivity index (χ2n) is 23.9. The molecule has 0 aromatic carbocycles. The van der Waals surface area contributed by atoms with Crippen molar-refractivity contribution in [3.05, 3.63) is 60.8 Å². The van der Waals surface area contributed by atoms with Crippen LogP contribution in [0.25, 0.3) is 0 Å². The zero-order valence-corrected chi connectivity index (χ0v) is 52.3. The van der Waals surface area contributed by atoms with E-state index in [1.807, 2.05) is 0 Å². The fourth-order valence-corrected chi connectivity index (χ4v) is 10.7. The third-order valence-electron chi connectivity index (χ3n) is 16.2. The summed E-state index contributed by atoms with van der Waals surface area (Å²) in [6, 6.07) is -1.20. The highest BCUT2D eigenvalue weighted by Crippen LogP contribution is 2.24. The Kier molecular flexibility index (Phi) is 55.2. The molecule has 1 rings (SSSR count). The Morgan fingerprint density at radius 1 is 0.432 bits per heavy atom. The van der Waals surface area contributed by atoms with Crippen molar-refractivity contribution in [1.29, 1.82) is 0 Å². The lowest BCUT2D eigenvalue weighted by atomic mass is 9.98. The Bertz CT molecular complexity index is 1500. The van der Waals surface area contributed by atoms with Gasteiger partial charge in [-0.05, 0) is 96.3 Å². The Balaban J connectivity index is 2.21. The number of carbonyl (C=O) groups excluding carboxylic acids is 1. The maximum absolute atomic E-state index is 13.2. The molecule has 1 aliphatic rings. The Morgan fingerprint density at radius 2 is 0.778 bits per heavy atom. The Morgan fingerprint density at radius 3 is 1.17 bits per heavy atom. The van der Waals surface area contributed by atoms with Gasteiger partial charge >= 0.3 is 0 Å². The van der Waals surface area contributed by atoms with E-state index in [-0.39, 0.29) is 12.8 Å². The lowest BCUT2D eigenvalue weighted by Gasteiger charge is -2.40. The number of hydrogen-bond donors (Lipinski definition) is 8. The van der Waals surface area contributed by atoms with E-state index >= 15 is 0 Å². The highest BCUT2D eigenvalue weighted by molar-refractivity contribution is 5.80. The number of aliphatic hydroxyl groups is 7. The van der Waals surface area contributed by atoms with Crippen molar-refractivity contribution in [3.63, 3.8) is 0 Å². The van der Waals surface area contributed by atoms with Gasteiger partial charge in [0, 0.05) is 0 Å². The quantitative estimate of drug-likeness (QED) is 0.0215. The Labute approximate surface area is 497 Å². The summed E-state index contributed by atoms with van der Waals surface area (Å²) in [5.41, 5.74) is 0. The molecule has 8 N–H and O–H groups in total. The van der Waals surface area contributed by atoms with Gasteiger partial charge in [-0.25, -0.2) is 0 Å². The van der Waals surface area contributed by atoms with Crippen LogP contribution in [0, 0.1) is 0 Å². The first-order chi connectivity index (χ1) is 39.7. The average molecular weight is 1140 g/mol. The summed E-state index contributed by atoms with van der Waals surface area (Å²) in [6.07, 6.45) is 65.9. The van der Waals surface area contributed by atoms with Gasteiger partial charge in [0.2, 0.25) is 5.91 Å². The first-order valence-corrected chi connectivity index (χ1v) is 34.2. The van der Waals surface area contributed by atoms with E-state index in [9.17, 15) is 40.5 Å². The number of amides is 1. The second kappa shape index (κ2) is 58.2. The van der Waals surface area contributed by atoms with E-state index in [0.29, 0.717) is 19.3 Å². The molecule has 0 aromatic rings. The van der Waals surface area contributed by atoms with E-state index in [1.54, 1.807) is 0 Å². The summed E-state index contributed by atoms with van der Waals surface area (Å²) in [4.78, 5) is 13.2. The third-order valence-corrected chi connectivity index (χ3v) is 16.2. The molecular weight excluding hydrogens is 1010 g/mol. The largest absolute Gasteiger partial charge is 0.394 e. The van der Waals surface area contributed by atoms with Crippen molar-refractivity contribution in [2.24, 2.45) is 0 Å². The van der Waals surface area contributed by atoms with E-state index in [4.69, 9.17) is 9.47 Å². The van der Waals surface area contributed by atoms with Crippen LogP contribution in [-0.4, -0.2) is 110 Å². The average Bonchev–Trinajstić information content (AvgIpc) is 3.49. The predicted molar refractivity (Wildman–Crippen MR) is 339 cm³/mol. The predicted octanol–water partition coefficient (Wildman–Crippen LogP) is 16.1. The van der Waals surface area contributed by atoms with Crippen molar-refractivity contribution in [3.8, 4) is 0 Å². The summed E-state index contributed by atoms with van der Waals surface area (Å²) < 4.78 is 11.2. The molecule has 11 nitrogen and oxygen atoms in total. The van der Waals surface area contributed by atoms with Crippen LogP contribution in [0.2, 0.25) is 0 Å². The number of rotatable bonds is 59. The monoisotopic (exact) mass is 1140 g/mol. The van der Waals surface area contributed by atoms with Gasteiger partial charge in [0.15, 0.2) is 6.29 Å². The molecule has 0 spiro atoms. The lowest BCUT2D eigenvalue weighted by molar-refractivity contribution is -0.303. The van der Waals surface area contributed by atoms with Gasteiger partial charge in [0.05, 0.1) is 25.4 Å². The van der Waals surface area contributed by atoms with Crippen LogP contribution >= 0.6 is 0 Å². The number of nitrogens with one attached hydrogen (secondary N) is 1. The van der Waals surface area contributed by atoms with Crippen molar-refractivity contribution < 1.29 is 50.0 Å². The molecule has 11 heteroatoms. The van der Waals surface area contributed by atoms with Crippen molar-refractivity contribution >= 4 is 5.91 Å². The van der Waals surface area contributed by atoms with E-state index in [0.717, 1.165) is 51.4 Å². The molecule has 1 amide bonds. The molecule has 0 aromatic heterocycles. The number of hydrogen-bond acceptors (Lipinski definition) is 10. The maximum atomic E-state index is 13.2. The molecule has 0 aliphatic carbocycles. The molecule has 9 atom stereocenters. The van der Waals surface area contributed by atoms with Crippen LogP contribution < -0.4 is 5.32 Å². The molecule has 0 saturated carbocycles. The van der Waals surface area contributed by atoms with Gasteiger partial charge in [0.1, 0.15) is 36.6 Å². The topological polar surface area (TPSA) is 189 Å². The van der Waals surface area contributed by atoms with Crippen molar-refractivity contribution in [2.45, 2.75) is 364 Å². The molecule has 9 unspecified atom stereocenters. The van der Waals surface area contributed by atoms with Gasteiger partial charge in [-0.3, -0.25) is 4.79 Å². The lowest BCUT2D eigenvalue weighted by Crippen LogP contribution is -2.60. The summed E-state index contributed by atoms with van der Waals surface area (Å²) in [5, 5.41) is 76.3. The van der Waals surface area contributed by atoms with Gasteiger partial charge in [-0.1, -0.05) is 274 Å². The number of unbranched alkanes of at least 4 members (excludes halogenated alkanes) is 37. The SMILES string of the molecule is CCCCCCCCC/C=C/CC/C=C/CC/C=C/CCCC(O)C(O)C(COC1OC(CO)C(O)C(O)C1O)NC(=O)C(O)CCCCCCCCCCCCCCCCCC/C=C\C/C=C\CCCCCCCCCCCCC. The summed E-state index contributed by atoms with van der Waals surface area (Å²) >= 11 is 0. The van der Waals surface area contributed by atoms with Crippen LogP contribution in [0.1, 0.15) is 309 Å². The van der Waals surface area contributed by atoms with E-state index in [2.05, 4.69) is 79.9 Å². The van der Waals surface area contributed by atoms with E-state index in [1.165, 1.54) is 212 Å². The fourth-order valence-electron chi connectivity index (χ4n) is 10.7. The van der Waals surface area contributed by atoms with Crippen LogP contribution in [0.4, 0.5) is 0 Å². The normalized spacial score (nSPS) is 19.5. The van der Waals surface area contributed by atoms with Crippen molar-refractivity contribution in [1.82, 2.24) is 5.32 Å². The molecular formula is C70H129NO10. The first kappa shape index (κ1) is 76.8. The zero-order chi connectivity index (χ0) is 58.9. The standard InChI is InChI=1S/C70H129NO10/c1-3-5-7-9-11-13-15-17-19-21-23-25-26-27-28-29-30-31-32-33-34-35-36-37-38-40-42-44-46-48-50-52-54-56-58-63(74)69(79)71-61(60-80-70-68(78)67(77)66(76)64(59-72)81-70)65(75)62(73)57-55-53-51-49-47-45-43-41-39-24-22-20-18-16-14-12-10-8-6-4-2/h20,22,26-27,29-30,41,43,49,51,61-68,70,72-78H,3-19,21,23-25,28,31-40,42,44-48,50,52-60H2,1-2H3,(H,71,79)/b22-20+,27-26-,30-29-,43-41+,51-49+. The first-order valence-electron chi connectivity index (χ1n) is 34.2. The van der Waals surface area contributed by atoms with E-state index < -0.39 is 74.2 Å². The summed E-state index contributed by atoms with van der Waals surface area (Å²) in [5.74, 6) is -0.710. The molecule has 1 fully saturated rings. The maximum Gasteiger partial charge on any atom is 0.249 e. The minimum Gasteiger partial charge on any atom is -0.394 e. The molecule has 0 radical (unpaired) electrons. The number of aliphatic hydroxyl groups excluding tert-OH is 7. The number of allylic oxidation sites excluding steroid dienone is 10. The molecule has 81 heavy (non-hydrogen) atoms. The minimum absolute atomic E-state index is 0.240. The van der Waals surface area contributed by atoms with Gasteiger partial charge in [-0.15, -0.1) is 0 Å². The van der Waals surface area contributed by atoms with Crippen LogP contribution in [0.3, 0.4) is 0 Å². The second-order valence-corrected chi connectivity index (χ2v) is 23.9. The van der Waals surface area contributed by atoms with Crippen LogP contribution in [0.15, 0.2) is 60.8 Å². The number of carbonyl (C=O) groups is 1. The highest BCUT2D eigenvalue weighted by atomic mass is 16.7. The molecule has 1 saturated heterocycles. The molecule has 0 bridgehead atoms. The minimum atomic E-state index is -1.68. The molecule has 1 aliphatic heterocycles. The fraction of sp³-hybridized carbons (Fsp3) is 0.843. The van der Waals surface area contributed by atoms with Gasteiger partial charge in [0.25, 0.3) is 0 Å². The molecule has 1 heterocycles. The molecule has 474 valence electrons. The summed E-state index contributed by atoms with van der Waals surface area (Å²) in [7, 11) is 0.